The molecule has 1 aliphatic heterocycles. The number of hydrogen-bond acceptors (Lipinski definition) is 6. The van der Waals surface area contributed by atoms with E-state index in [1.807, 2.05) is 18.2 Å². The van der Waals surface area contributed by atoms with Crippen LogP contribution in [0.15, 0.2) is 47.0 Å². The van der Waals surface area contributed by atoms with Gasteiger partial charge in [-0.15, -0.1) is 0 Å². The molecule has 1 spiro atoms. The molecule has 7 heteroatoms. The topological polar surface area (TPSA) is 103 Å². The van der Waals surface area contributed by atoms with Crippen LogP contribution in [0.1, 0.15) is 29.5 Å². The summed E-state index contributed by atoms with van der Waals surface area (Å²) in [6.45, 7) is 0.989. The SMILES string of the molecule is N#Cc1ccccc1-c1nc(-c2cccc3c2CCC32CC(=O)N(CCO)C2)no1. The molecular weight excluding hydrogens is 380 g/mol. The van der Waals surface area contributed by atoms with Crippen molar-refractivity contribution in [3.8, 4) is 28.9 Å². The Kier molecular flexibility index (Phi) is 4.37. The highest BCUT2D eigenvalue weighted by Gasteiger charge is 2.48. The third-order valence-electron chi connectivity index (χ3n) is 6.25. The van der Waals surface area contributed by atoms with Crippen LogP contribution in [0, 0.1) is 11.3 Å². The van der Waals surface area contributed by atoms with E-state index in [-0.39, 0.29) is 17.9 Å². The van der Waals surface area contributed by atoms with E-state index < -0.39 is 0 Å². The van der Waals surface area contributed by atoms with E-state index >= 15 is 0 Å². The summed E-state index contributed by atoms with van der Waals surface area (Å²) in [5, 5.41) is 22.8. The largest absolute Gasteiger partial charge is 0.395 e. The number of carbonyl (C=O) groups is 1. The number of aliphatic hydroxyl groups is 1. The summed E-state index contributed by atoms with van der Waals surface area (Å²) in [6.07, 6.45) is 2.19. The van der Waals surface area contributed by atoms with Gasteiger partial charge in [0.1, 0.15) is 0 Å². The Morgan fingerprint density at radius 1 is 1.20 bits per heavy atom. The number of rotatable bonds is 4. The summed E-state index contributed by atoms with van der Waals surface area (Å²) in [7, 11) is 0. The summed E-state index contributed by atoms with van der Waals surface area (Å²) >= 11 is 0. The van der Waals surface area contributed by atoms with Gasteiger partial charge in [0.15, 0.2) is 0 Å². The monoisotopic (exact) mass is 400 g/mol. The minimum absolute atomic E-state index is 0.0233. The Balaban J connectivity index is 1.52. The number of aromatic nitrogens is 2. The van der Waals surface area contributed by atoms with Crippen molar-refractivity contribution >= 4 is 5.91 Å². The van der Waals surface area contributed by atoms with Gasteiger partial charge >= 0.3 is 0 Å². The van der Waals surface area contributed by atoms with Gasteiger partial charge < -0.3 is 14.5 Å². The average Bonchev–Trinajstić information content (AvgIpc) is 3.47. The predicted octanol–water partition coefficient (Wildman–Crippen LogP) is 2.68. The van der Waals surface area contributed by atoms with Crippen molar-refractivity contribution in [3.63, 3.8) is 0 Å². The lowest BCUT2D eigenvalue weighted by atomic mass is 9.80. The minimum atomic E-state index is -0.211. The maximum absolute atomic E-state index is 12.5. The van der Waals surface area contributed by atoms with Crippen LogP contribution < -0.4 is 0 Å². The van der Waals surface area contributed by atoms with Crippen molar-refractivity contribution in [1.29, 1.82) is 5.26 Å². The van der Waals surface area contributed by atoms with Gasteiger partial charge in [0.05, 0.1) is 23.8 Å². The summed E-state index contributed by atoms with van der Waals surface area (Å²) in [4.78, 5) is 18.8. The lowest BCUT2D eigenvalue weighted by molar-refractivity contribution is -0.128. The third kappa shape index (κ3) is 2.80. The lowest BCUT2D eigenvalue weighted by Crippen LogP contribution is -2.32. The summed E-state index contributed by atoms with van der Waals surface area (Å²) in [5.74, 6) is 0.901. The molecule has 30 heavy (non-hydrogen) atoms. The lowest BCUT2D eigenvalue weighted by Gasteiger charge is -2.24. The Bertz CT molecular complexity index is 1180. The second-order valence-electron chi connectivity index (χ2n) is 7.91. The van der Waals surface area contributed by atoms with Crippen LogP contribution in [0.25, 0.3) is 22.8 Å². The molecule has 1 atom stereocenters. The molecule has 7 nitrogen and oxygen atoms in total. The average molecular weight is 400 g/mol. The van der Waals surface area contributed by atoms with Crippen molar-refractivity contribution < 1.29 is 14.4 Å². The Morgan fingerprint density at radius 2 is 2.03 bits per heavy atom. The summed E-state index contributed by atoms with van der Waals surface area (Å²) in [6, 6.07) is 15.3. The highest BCUT2D eigenvalue weighted by Crippen LogP contribution is 2.48. The fourth-order valence-corrected chi connectivity index (χ4v) is 4.85. The second-order valence-corrected chi connectivity index (χ2v) is 7.91. The first-order valence-corrected chi connectivity index (χ1v) is 10.00. The molecule has 0 radical (unpaired) electrons. The molecule has 2 heterocycles. The van der Waals surface area contributed by atoms with E-state index in [4.69, 9.17) is 4.52 Å². The van der Waals surface area contributed by atoms with Gasteiger partial charge in [-0.05, 0) is 36.1 Å². The van der Waals surface area contributed by atoms with E-state index in [0.717, 1.165) is 29.5 Å². The molecular formula is C23H20N4O3. The van der Waals surface area contributed by atoms with Crippen molar-refractivity contribution in [2.75, 3.05) is 19.7 Å². The zero-order valence-electron chi connectivity index (χ0n) is 16.3. The fourth-order valence-electron chi connectivity index (χ4n) is 4.85. The van der Waals surface area contributed by atoms with Crippen molar-refractivity contribution in [2.24, 2.45) is 0 Å². The molecule has 1 fully saturated rings. The number of nitrogens with zero attached hydrogens (tertiary/aromatic N) is 4. The number of aliphatic hydroxyl groups excluding tert-OH is 1. The normalized spacial score (nSPS) is 20.0. The van der Waals surface area contributed by atoms with Crippen LogP contribution in [-0.4, -0.2) is 45.8 Å². The van der Waals surface area contributed by atoms with Crippen LogP contribution in [0.5, 0.6) is 0 Å². The molecule has 1 saturated heterocycles. The molecule has 2 aliphatic rings. The molecule has 1 aliphatic carbocycles. The zero-order chi connectivity index (χ0) is 20.7. The van der Waals surface area contributed by atoms with Crippen LogP contribution >= 0.6 is 0 Å². The van der Waals surface area contributed by atoms with Crippen LogP contribution in [0.4, 0.5) is 0 Å². The number of amides is 1. The van der Waals surface area contributed by atoms with Gasteiger partial charge in [0.25, 0.3) is 5.89 Å². The van der Waals surface area contributed by atoms with Crippen molar-refractivity contribution in [3.05, 3.63) is 59.2 Å². The first kappa shape index (κ1) is 18.5. The van der Waals surface area contributed by atoms with Gasteiger partial charge in [0, 0.05) is 30.5 Å². The van der Waals surface area contributed by atoms with Gasteiger partial charge in [-0.25, -0.2) is 0 Å². The number of hydrogen-bond donors (Lipinski definition) is 1. The van der Waals surface area contributed by atoms with Crippen LogP contribution in [-0.2, 0) is 16.6 Å². The van der Waals surface area contributed by atoms with E-state index in [9.17, 15) is 15.2 Å². The molecule has 0 bridgehead atoms. The van der Waals surface area contributed by atoms with Crippen molar-refractivity contribution in [2.45, 2.75) is 24.7 Å². The number of nitriles is 1. The molecule has 1 amide bonds. The number of β-amino-alcohol motifs (C(OH)–C–C–N with tert-alkyl or cyclic N) is 1. The standard InChI is InChI=1S/C23H20N4O3/c24-13-15-4-1-2-5-16(15)22-25-21(26-30-22)18-6-3-7-19-17(18)8-9-23(19)12-20(29)27(14-23)10-11-28/h1-7,28H,8-12,14H2. The van der Waals surface area contributed by atoms with Gasteiger partial charge in [-0.3, -0.25) is 4.79 Å². The molecule has 2 aromatic carbocycles. The quantitative estimate of drug-likeness (QED) is 0.722. The minimum Gasteiger partial charge on any atom is -0.395 e. The van der Waals surface area contributed by atoms with E-state index in [2.05, 4.69) is 22.3 Å². The Hall–Kier alpha value is -3.50. The number of carbonyl (C=O) groups excluding carboxylic acids is 1. The summed E-state index contributed by atoms with van der Waals surface area (Å²) < 4.78 is 5.49. The summed E-state index contributed by atoms with van der Waals surface area (Å²) in [5.41, 5.74) is 4.11. The number of likely N-dealkylation sites (tertiary alicyclic amines) is 1. The molecule has 1 aromatic heterocycles. The van der Waals surface area contributed by atoms with Gasteiger partial charge in [-0.2, -0.15) is 10.2 Å². The molecule has 5 rings (SSSR count). The Labute approximate surface area is 173 Å². The number of fused-ring (bicyclic) bond motifs is 2. The van der Waals surface area contributed by atoms with Crippen molar-refractivity contribution in [1.82, 2.24) is 15.0 Å². The second kappa shape index (κ2) is 7.08. The maximum atomic E-state index is 12.5. The van der Waals surface area contributed by atoms with Gasteiger partial charge in [-0.1, -0.05) is 35.5 Å². The number of benzene rings is 2. The third-order valence-corrected chi connectivity index (χ3v) is 6.25. The highest BCUT2D eigenvalue weighted by molar-refractivity contribution is 5.82. The molecule has 0 saturated carbocycles. The maximum Gasteiger partial charge on any atom is 0.259 e. The Morgan fingerprint density at radius 3 is 2.87 bits per heavy atom. The van der Waals surface area contributed by atoms with Gasteiger partial charge in [0.2, 0.25) is 11.7 Å². The van der Waals surface area contributed by atoms with E-state index in [1.165, 1.54) is 0 Å². The van der Waals surface area contributed by atoms with Crippen LogP contribution in [0.2, 0.25) is 0 Å². The molecule has 1 unspecified atom stereocenters. The first-order valence-electron chi connectivity index (χ1n) is 10.00. The van der Waals surface area contributed by atoms with Crippen LogP contribution in [0.3, 0.4) is 0 Å². The molecule has 1 N–H and O–H groups in total. The molecule has 150 valence electrons. The predicted molar refractivity (Wildman–Crippen MR) is 108 cm³/mol. The fraction of sp³-hybridized carbons (Fsp3) is 0.304. The van der Waals surface area contributed by atoms with E-state index in [0.29, 0.717) is 42.4 Å². The first-order chi connectivity index (χ1) is 14.6. The smallest absolute Gasteiger partial charge is 0.259 e. The van der Waals surface area contributed by atoms with E-state index in [1.54, 1.807) is 23.1 Å². The molecule has 3 aromatic rings. The highest BCUT2D eigenvalue weighted by atomic mass is 16.5. The zero-order valence-corrected chi connectivity index (χ0v) is 16.3.